The molecule has 1 unspecified atom stereocenters. The molecule has 1 amide bonds. The average molecular weight is 286 g/mol. The Balaban J connectivity index is 2.76. The van der Waals surface area contributed by atoms with Crippen LogP contribution in [0.2, 0.25) is 0 Å². The van der Waals surface area contributed by atoms with Gasteiger partial charge in [-0.15, -0.1) is 11.6 Å². The second kappa shape index (κ2) is 8.02. The van der Waals surface area contributed by atoms with E-state index in [0.29, 0.717) is 31.1 Å². The first-order chi connectivity index (χ1) is 9.10. The largest absolute Gasteiger partial charge is 0.493 e. The number of ether oxygens (including phenoxy) is 2. The van der Waals surface area contributed by atoms with E-state index in [2.05, 4.69) is 0 Å². The Labute approximate surface area is 119 Å². The van der Waals surface area contributed by atoms with Crippen molar-refractivity contribution < 1.29 is 14.3 Å². The highest BCUT2D eigenvalue weighted by atomic mass is 35.5. The lowest BCUT2D eigenvalue weighted by atomic mass is 10.1. The molecule has 0 radical (unpaired) electrons. The first-order valence-corrected chi connectivity index (χ1v) is 6.64. The fraction of sp³-hybridized carbons (Fsp3) is 0.500. The third-order valence-electron chi connectivity index (χ3n) is 2.58. The van der Waals surface area contributed by atoms with Crippen LogP contribution < -0.4 is 4.74 Å². The first-order valence-electron chi connectivity index (χ1n) is 6.20. The van der Waals surface area contributed by atoms with E-state index in [1.807, 2.05) is 19.1 Å². The van der Waals surface area contributed by atoms with Gasteiger partial charge < -0.3 is 14.4 Å². The number of hydrogen-bond acceptors (Lipinski definition) is 3. The van der Waals surface area contributed by atoms with Crippen molar-refractivity contribution in [1.82, 2.24) is 4.90 Å². The van der Waals surface area contributed by atoms with Crippen molar-refractivity contribution >= 4 is 17.5 Å². The molecular weight excluding hydrogens is 266 g/mol. The summed E-state index contributed by atoms with van der Waals surface area (Å²) < 4.78 is 10.4. The zero-order valence-electron chi connectivity index (χ0n) is 11.6. The van der Waals surface area contributed by atoms with Gasteiger partial charge in [-0.2, -0.15) is 0 Å². The quantitative estimate of drug-likeness (QED) is 0.722. The van der Waals surface area contributed by atoms with Crippen molar-refractivity contribution in [2.45, 2.75) is 12.3 Å². The van der Waals surface area contributed by atoms with Gasteiger partial charge in [0.25, 0.3) is 5.91 Å². The molecule has 1 rings (SSSR count). The summed E-state index contributed by atoms with van der Waals surface area (Å²) in [6, 6.07) is 7.20. The van der Waals surface area contributed by atoms with E-state index >= 15 is 0 Å². The maximum Gasteiger partial charge on any atom is 0.257 e. The number of halogens is 1. The minimum atomic E-state index is -0.224. The van der Waals surface area contributed by atoms with Gasteiger partial charge in [-0.3, -0.25) is 4.79 Å². The summed E-state index contributed by atoms with van der Waals surface area (Å²) in [6.45, 7) is 3.25. The van der Waals surface area contributed by atoms with Crippen molar-refractivity contribution in [2.24, 2.45) is 0 Å². The smallest absolute Gasteiger partial charge is 0.257 e. The minimum absolute atomic E-state index is 0.106. The van der Waals surface area contributed by atoms with Crippen LogP contribution in [0.25, 0.3) is 0 Å². The fourth-order valence-corrected chi connectivity index (χ4v) is 2.08. The van der Waals surface area contributed by atoms with Gasteiger partial charge in [0.05, 0.1) is 24.2 Å². The molecule has 5 heteroatoms. The van der Waals surface area contributed by atoms with E-state index in [1.165, 1.54) is 0 Å². The molecule has 0 aromatic heterocycles. The molecule has 0 aliphatic rings. The zero-order chi connectivity index (χ0) is 14.3. The van der Waals surface area contributed by atoms with Crippen LogP contribution in [0.5, 0.6) is 5.75 Å². The summed E-state index contributed by atoms with van der Waals surface area (Å²) in [4.78, 5) is 13.9. The van der Waals surface area contributed by atoms with Crippen LogP contribution in [-0.2, 0) is 4.74 Å². The highest BCUT2D eigenvalue weighted by molar-refractivity contribution is 6.21. The van der Waals surface area contributed by atoms with Crippen LogP contribution in [0.3, 0.4) is 0 Å². The van der Waals surface area contributed by atoms with Gasteiger partial charge in [0, 0.05) is 20.7 Å². The average Bonchev–Trinajstić information content (AvgIpc) is 2.39. The van der Waals surface area contributed by atoms with Crippen molar-refractivity contribution in [2.75, 3.05) is 33.9 Å². The molecule has 1 aromatic rings. The Bertz CT molecular complexity index is 411. The number of rotatable bonds is 7. The van der Waals surface area contributed by atoms with E-state index in [1.54, 1.807) is 31.2 Å². The standard InChI is InChI=1S/C14H20ClNO3/c1-4-19-13-8-6-5-7-12(13)14(17)16(2)9-11(15)10-18-3/h5-8,11H,4,9-10H2,1-3H3. The third-order valence-corrected chi connectivity index (χ3v) is 2.85. The Morgan fingerprint density at radius 1 is 1.42 bits per heavy atom. The van der Waals surface area contributed by atoms with E-state index in [0.717, 1.165) is 0 Å². The van der Waals surface area contributed by atoms with Crippen molar-refractivity contribution in [3.63, 3.8) is 0 Å². The number of hydrogen-bond donors (Lipinski definition) is 0. The van der Waals surface area contributed by atoms with E-state index in [-0.39, 0.29) is 11.3 Å². The topological polar surface area (TPSA) is 38.8 Å². The Morgan fingerprint density at radius 2 is 2.11 bits per heavy atom. The number of carbonyl (C=O) groups excluding carboxylic acids is 1. The minimum Gasteiger partial charge on any atom is -0.493 e. The fourth-order valence-electron chi connectivity index (χ4n) is 1.74. The van der Waals surface area contributed by atoms with Crippen molar-refractivity contribution in [3.05, 3.63) is 29.8 Å². The highest BCUT2D eigenvalue weighted by Gasteiger charge is 2.18. The summed E-state index contributed by atoms with van der Waals surface area (Å²) >= 11 is 6.06. The van der Waals surface area contributed by atoms with Crippen LogP contribution >= 0.6 is 11.6 Å². The second-order valence-electron chi connectivity index (χ2n) is 4.17. The Hall–Kier alpha value is -1.26. The summed E-state index contributed by atoms with van der Waals surface area (Å²) in [5.74, 6) is 0.491. The normalized spacial score (nSPS) is 12.0. The number of para-hydroxylation sites is 1. The lowest BCUT2D eigenvalue weighted by molar-refractivity contribution is 0.0777. The van der Waals surface area contributed by atoms with Gasteiger partial charge >= 0.3 is 0 Å². The predicted octanol–water partition coefficient (Wildman–Crippen LogP) is 2.41. The predicted molar refractivity (Wildman–Crippen MR) is 76.1 cm³/mol. The Kier molecular flexibility index (Phi) is 6.67. The maximum absolute atomic E-state index is 12.3. The number of carbonyl (C=O) groups is 1. The van der Waals surface area contributed by atoms with Gasteiger partial charge in [-0.25, -0.2) is 0 Å². The molecule has 0 bridgehead atoms. The molecule has 0 aliphatic carbocycles. The third kappa shape index (κ3) is 4.73. The van der Waals surface area contributed by atoms with E-state index in [4.69, 9.17) is 21.1 Å². The maximum atomic E-state index is 12.3. The first kappa shape index (κ1) is 15.8. The van der Waals surface area contributed by atoms with Gasteiger partial charge in [0.1, 0.15) is 5.75 Å². The van der Waals surface area contributed by atoms with Gasteiger partial charge in [0.2, 0.25) is 0 Å². The zero-order valence-corrected chi connectivity index (χ0v) is 12.3. The van der Waals surface area contributed by atoms with Crippen LogP contribution in [0, 0.1) is 0 Å². The molecular formula is C14H20ClNO3. The highest BCUT2D eigenvalue weighted by Crippen LogP contribution is 2.19. The monoisotopic (exact) mass is 285 g/mol. The van der Waals surface area contributed by atoms with Crippen LogP contribution in [0.15, 0.2) is 24.3 Å². The van der Waals surface area contributed by atoms with Gasteiger partial charge in [-0.05, 0) is 19.1 Å². The van der Waals surface area contributed by atoms with Gasteiger partial charge in [-0.1, -0.05) is 12.1 Å². The molecule has 1 aromatic carbocycles. The molecule has 0 N–H and O–H groups in total. The number of methoxy groups -OCH3 is 1. The van der Waals surface area contributed by atoms with Crippen molar-refractivity contribution in [1.29, 1.82) is 0 Å². The summed E-state index contributed by atoms with van der Waals surface area (Å²) in [5.41, 5.74) is 0.549. The van der Waals surface area contributed by atoms with Crippen LogP contribution in [0.1, 0.15) is 17.3 Å². The number of alkyl halides is 1. The van der Waals surface area contributed by atoms with E-state index < -0.39 is 0 Å². The summed E-state index contributed by atoms with van der Waals surface area (Å²) in [7, 11) is 3.30. The number of nitrogens with zero attached hydrogens (tertiary/aromatic N) is 1. The second-order valence-corrected chi connectivity index (χ2v) is 4.78. The number of amides is 1. The molecule has 4 nitrogen and oxygen atoms in total. The van der Waals surface area contributed by atoms with Crippen LogP contribution in [-0.4, -0.2) is 50.1 Å². The molecule has 1 atom stereocenters. The summed E-state index contributed by atoms with van der Waals surface area (Å²) in [6.07, 6.45) is 0. The van der Waals surface area contributed by atoms with Gasteiger partial charge in [0.15, 0.2) is 0 Å². The molecule has 0 spiro atoms. The molecule has 0 aliphatic heterocycles. The lowest BCUT2D eigenvalue weighted by Crippen LogP contribution is -2.34. The molecule has 106 valence electrons. The van der Waals surface area contributed by atoms with Crippen molar-refractivity contribution in [3.8, 4) is 5.75 Å². The Morgan fingerprint density at radius 3 is 2.74 bits per heavy atom. The molecule has 19 heavy (non-hydrogen) atoms. The van der Waals surface area contributed by atoms with Crippen LogP contribution in [0.4, 0.5) is 0 Å². The SMILES string of the molecule is CCOc1ccccc1C(=O)N(C)CC(Cl)COC. The number of benzene rings is 1. The molecule has 0 fully saturated rings. The lowest BCUT2D eigenvalue weighted by Gasteiger charge is -2.21. The summed E-state index contributed by atoms with van der Waals surface area (Å²) in [5, 5.41) is -0.224. The molecule has 0 heterocycles. The molecule has 0 saturated carbocycles. The van der Waals surface area contributed by atoms with E-state index in [9.17, 15) is 4.79 Å². The molecule has 0 saturated heterocycles.